The minimum absolute atomic E-state index is 0.216. The summed E-state index contributed by atoms with van der Waals surface area (Å²) in [5.41, 5.74) is 1.54. The molecule has 0 saturated heterocycles. The topological polar surface area (TPSA) is 27.1 Å². The molecule has 1 aromatic heterocycles. The molecule has 110 valence electrons. The Hall–Kier alpha value is -0.650. The summed E-state index contributed by atoms with van der Waals surface area (Å²) < 4.78 is 21.2. The van der Waals surface area contributed by atoms with Crippen LogP contribution in [0.2, 0.25) is 0 Å². The molecule has 0 N–H and O–H groups in total. The van der Waals surface area contributed by atoms with Gasteiger partial charge in [-0.25, -0.2) is 9.37 Å². The van der Waals surface area contributed by atoms with Gasteiger partial charge in [-0.3, -0.25) is 0 Å². The number of fused-ring (bicyclic) bond motifs is 1. The minimum Gasteiger partial charge on any atom is -0.385 e. The Labute approximate surface area is 131 Å². The fourth-order valence-electron chi connectivity index (χ4n) is 2.19. The van der Waals surface area contributed by atoms with Gasteiger partial charge >= 0.3 is 0 Å². The van der Waals surface area contributed by atoms with E-state index in [0.717, 1.165) is 42.9 Å². The average Bonchev–Trinajstić information content (AvgIpc) is 2.74. The van der Waals surface area contributed by atoms with Gasteiger partial charge in [-0.05, 0) is 41.8 Å². The Balaban J connectivity index is 2.37. The Morgan fingerprint density at radius 3 is 2.85 bits per heavy atom. The van der Waals surface area contributed by atoms with E-state index in [-0.39, 0.29) is 11.2 Å². The zero-order valence-electron chi connectivity index (χ0n) is 11.5. The zero-order chi connectivity index (χ0) is 14.7. The molecule has 0 amide bonds. The van der Waals surface area contributed by atoms with Gasteiger partial charge < -0.3 is 9.30 Å². The number of alkyl halides is 1. The number of nitrogens with zero attached hydrogens (tertiary/aromatic N) is 2. The highest BCUT2D eigenvalue weighted by Gasteiger charge is 2.16. The van der Waals surface area contributed by atoms with Crippen LogP contribution in [0, 0.1) is 5.82 Å². The van der Waals surface area contributed by atoms with E-state index in [2.05, 4.69) is 20.9 Å². The fourth-order valence-corrected chi connectivity index (χ4v) is 2.69. The van der Waals surface area contributed by atoms with Crippen LogP contribution in [0.15, 0.2) is 16.6 Å². The molecule has 0 fully saturated rings. The lowest BCUT2D eigenvalue weighted by atomic mass is 10.2. The number of hydrogen-bond acceptors (Lipinski definition) is 2. The Kier molecular flexibility index (Phi) is 5.41. The molecule has 0 spiro atoms. The van der Waals surface area contributed by atoms with Crippen LogP contribution in [-0.4, -0.2) is 23.3 Å². The molecule has 0 bridgehead atoms. The lowest BCUT2D eigenvalue weighted by Crippen LogP contribution is -2.05. The molecule has 3 nitrogen and oxygen atoms in total. The first kappa shape index (κ1) is 15.7. The van der Waals surface area contributed by atoms with E-state index >= 15 is 0 Å². The molecule has 1 unspecified atom stereocenters. The predicted molar refractivity (Wildman–Crippen MR) is 82.8 cm³/mol. The maximum Gasteiger partial charge on any atom is 0.139 e. The second kappa shape index (κ2) is 6.87. The van der Waals surface area contributed by atoms with Crippen LogP contribution in [0.3, 0.4) is 0 Å². The number of halogens is 3. The van der Waals surface area contributed by atoms with Gasteiger partial charge in [0.1, 0.15) is 11.6 Å². The third-order valence-corrected chi connectivity index (χ3v) is 3.96. The van der Waals surface area contributed by atoms with Gasteiger partial charge in [-0.15, -0.1) is 11.6 Å². The number of aryl methyl sites for hydroxylation is 1. The van der Waals surface area contributed by atoms with Gasteiger partial charge in [-0.1, -0.05) is 0 Å². The van der Waals surface area contributed by atoms with E-state index in [1.807, 2.05) is 11.5 Å². The third-order valence-electron chi connectivity index (χ3n) is 3.16. The lowest BCUT2D eigenvalue weighted by Gasteiger charge is -2.10. The van der Waals surface area contributed by atoms with Crippen molar-refractivity contribution in [2.45, 2.75) is 31.7 Å². The monoisotopic (exact) mass is 362 g/mol. The summed E-state index contributed by atoms with van der Waals surface area (Å²) in [5, 5.41) is -0.216. The second-order valence-corrected chi connectivity index (χ2v) is 6.20. The average molecular weight is 364 g/mol. The van der Waals surface area contributed by atoms with Crippen molar-refractivity contribution in [1.82, 2.24) is 9.55 Å². The number of rotatable bonds is 6. The van der Waals surface area contributed by atoms with Gasteiger partial charge in [0, 0.05) is 26.3 Å². The van der Waals surface area contributed by atoms with E-state index in [1.54, 1.807) is 13.2 Å². The summed E-state index contributed by atoms with van der Waals surface area (Å²) in [7, 11) is 1.69. The molecule has 6 heteroatoms. The van der Waals surface area contributed by atoms with Crippen LogP contribution in [-0.2, 0) is 11.3 Å². The number of aromatic nitrogens is 2. The summed E-state index contributed by atoms with van der Waals surface area (Å²) >= 11 is 9.37. The van der Waals surface area contributed by atoms with E-state index in [9.17, 15) is 4.39 Å². The Morgan fingerprint density at radius 1 is 1.45 bits per heavy atom. The first-order valence-corrected chi connectivity index (χ1v) is 7.75. The number of ether oxygens (including phenoxy) is 1. The van der Waals surface area contributed by atoms with Crippen LogP contribution < -0.4 is 0 Å². The maximum absolute atomic E-state index is 13.7. The molecule has 0 aliphatic rings. The molecule has 1 heterocycles. The predicted octanol–water partition coefficient (Wildman–Crippen LogP) is 4.66. The molecule has 2 rings (SSSR count). The number of benzene rings is 1. The van der Waals surface area contributed by atoms with Crippen molar-refractivity contribution in [1.29, 1.82) is 0 Å². The van der Waals surface area contributed by atoms with Crippen molar-refractivity contribution >= 4 is 38.6 Å². The standard InChI is InChI=1S/C14H17BrClFN2O/c1-9(16)14-18-12-7-10(15)11(17)8-13(12)19(14)5-3-4-6-20-2/h7-9H,3-6H2,1-2H3. The van der Waals surface area contributed by atoms with Gasteiger partial charge in [0.15, 0.2) is 0 Å². The van der Waals surface area contributed by atoms with Gasteiger partial charge in [0.2, 0.25) is 0 Å². The third kappa shape index (κ3) is 3.32. The SMILES string of the molecule is COCCCCn1c(C(C)Cl)nc2cc(Br)c(F)cc21. The van der Waals surface area contributed by atoms with Gasteiger partial charge in [-0.2, -0.15) is 0 Å². The molecular weight excluding hydrogens is 347 g/mol. The normalized spacial score (nSPS) is 13.1. The van der Waals surface area contributed by atoms with Crippen molar-refractivity contribution in [3.05, 3.63) is 28.2 Å². The highest BCUT2D eigenvalue weighted by Crippen LogP contribution is 2.28. The number of methoxy groups -OCH3 is 1. The van der Waals surface area contributed by atoms with Crippen molar-refractivity contribution in [3.8, 4) is 0 Å². The second-order valence-electron chi connectivity index (χ2n) is 4.69. The summed E-state index contributed by atoms with van der Waals surface area (Å²) in [5.74, 6) is 0.487. The lowest BCUT2D eigenvalue weighted by molar-refractivity contribution is 0.191. The van der Waals surface area contributed by atoms with E-state index in [0.29, 0.717) is 4.47 Å². The summed E-state index contributed by atoms with van der Waals surface area (Å²) in [6.07, 6.45) is 1.89. The minimum atomic E-state index is -0.288. The molecule has 0 aliphatic heterocycles. The van der Waals surface area contributed by atoms with Crippen molar-refractivity contribution < 1.29 is 9.13 Å². The van der Waals surface area contributed by atoms with Gasteiger partial charge in [0.05, 0.1) is 20.9 Å². The van der Waals surface area contributed by atoms with Crippen molar-refractivity contribution in [2.24, 2.45) is 0 Å². The molecule has 1 atom stereocenters. The first-order valence-electron chi connectivity index (χ1n) is 6.52. The molecule has 0 saturated carbocycles. The zero-order valence-corrected chi connectivity index (χ0v) is 13.8. The largest absolute Gasteiger partial charge is 0.385 e. The van der Waals surface area contributed by atoms with E-state index in [4.69, 9.17) is 16.3 Å². The Morgan fingerprint density at radius 2 is 2.20 bits per heavy atom. The molecule has 1 aromatic carbocycles. The number of hydrogen-bond donors (Lipinski definition) is 0. The van der Waals surface area contributed by atoms with E-state index in [1.165, 1.54) is 6.07 Å². The summed E-state index contributed by atoms with van der Waals surface area (Å²) in [4.78, 5) is 4.52. The van der Waals surface area contributed by atoms with Crippen LogP contribution in [0.5, 0.6) is 0 Å². The molecular formula is C14H17BrClFN2O. The first-order chi connectivity index (χ1) is 9.54. The van der Waals surface area contributed by atoms with Gasteiger partial charge in [0.25, 0.3) is 0 Å². The molecule has 0 aliphatic carbocycles. The van der Waals surface area contributed by atoms with Crippen LogP contribution in [0.1, 0.15) is 31.0 Å². The highest BCUT2D eigenvalue weighted by molar-refractivity contribution is 9.10. The van der Waals surface area contributed by atoms with Crippen LogP contribution in [0.4, 0.5) is 4.39 Å². The highest BCUT2D eigenvalue weighted by atomic mass is 79.9. The Bertz CT molecular complexity index is 600. The number of imidazole rings is 1. The smallest absolute Gasteiger partial charge is 0.139 e. The van der Waals surface area contributed by atoms with E-state index < -0.39 is 0 Å². The number of unbranched alkanes of at least 4 members (excludes halogenated alkanes) is 1. The molecule has 2 aromatic rings. The van der Waals surface area contributed by atoms with Crippen LogP contribution >= 0.6 is 27.5 Å². The van der Waals surface area contributed by atoms with Crippen molar-refractivity contribution in [2.75, 3.05) is 13.7 Å². The van der Waals surface area contributed by atoms with Crippen LogP contribution in [0.25, 0.3) is 11.0 Å². The fraction of sp³-hybridized carbons (Fsp3) is 0.500. The quantitative estimate of drug-likeness (QED) is 0.551. The summed E-state index contributed by atoms with van der Waals surface area (Å²) in [6.45, 7) is 3.35. The maximum atomic E-state index is 13.7. The molecule has 20 heavy (non-hydrogen) atoms. The molecule has 0 radical (unpaired) electrons. The van der Waals surface area contributed by atoms with Crippen molar-refractivity contribution in [3.63, 3.8) is 0 Å². The summed E-state index contributed by atoms with van der Waals surface area (Å²) in [6, 6.07) is 3.20.